The number of hydrogen-bond donors (Lipinski definition) is 1. The molecule has 2 amide bonds. The van der Waals surface area contributed by atoms with Gasteiger partial charge in [0.1, 0.15) is 0 Å². The molecule has 0 spiro atoms. The van der Waals surface area contributed by atoms with Crippen LogP contribution in [0.4, 0.5) is 5.69 Å². The van der Waals surface area contributed by atoms with Gasteiger partial charge in [0.25, 0.3) is 5.91 Å². The van der Waals surface area contributed by atoms with E-state index in [1.807, 2.05) is 54.6 Å². The number of carbonyl (C=O) groups is 2. The van der Waals surface area contributed by atoms with Crippen LogP contribution in [0.15, 0.2) is 78.0 Å². The summed E-state index contributed by atoms with van der Waals surface area (Å²) in [4.78, 5) is 31.9. The first kappa shape index (κ1) is 18.3. The third-order valence-corrected chi connectivity index (χ3v) is 5.56. The summed E-state index contributed by atoms with van der Waals surface area (Å²) >= 11 is 1.56. The van der Waals surface area contributed by atoms with Crippen LogP contribution in [-0.4, -0.2) is 22.6 Å². The average molecular weight is 389 g/mol. The zero-order valence-corrected chi connectivity index (χ0v) is 16.0. The molecule has 0 saturated heterocycles. The number of fused-ring (bicyclic) bond motifs is 1. The van der Waals surface area contributed by atoms with Crippen molar-refractivity contribution in [2.75, 3.05) is 10.7 Å². The van der Waals surface area contributed by atoms with E-state index >= 15 is 0 Å². The molecule has 5 nitrogen and oxygen atoms in total. The van der Waals surface area contributed by atoms with Crippen LogP contribution >= 0.6 is 11.8 Å². The molecule has 0 atom stereocenters. The second-order valence-electron chi connectivity index (χ2n) is 6.48. The van der Waals surface area contributed by atoms with Crippen LogP contribution in [0.3, 0.4) is 0 Å². The Morgan fingerprint density at radius 3 is 2.79 bits per heavy atom. The Labute approximate surface area is 167 Å². The Hall–Kier alpha value is -3.12. The first-order valence-corrected chi connectivity index (χ1v) is 9.97. The molecule has 4 rings (SSSR count). The largest absolute Gasteiger partial charge is 0.348 e. The number of benzene rings is 2. The molecular weight excluding hydrogens is 370 g/mol. The fourth-order valence-corrected chi connectivity index (χ4v) is 4.04. The van der Waals surface area contributed by atoms with E-state index < -0.39 is 0 Å². The van der Waals surface area contributed by atoms with Crippen LogP contribution in [0.1, 0.15) is 21.5 Å². The smallest absolute Gasteiger partial charge is 0.251 e. The predicted molar refractivity (Wildman–Crippen MR) is 110 cm³/mol. The second kappa shape index (κ2) is 8.27. The van der Waals surface area contributed by atoms with E-state index in [1.165, 1.54) is 0 Å². The highest BCUT2D eigenvalue weighted by atomic mass is 32.2. The highest BCUT2D eigenvalue weighted by Crippen LogP contribution is 2.35. The maximum atomic E-state index is 12.5. The van der Waals surface area contributed by atoms with Crippen molar-refractivity contribution >= 4 is 29.3 Å². The molecule has 1 N–H and O–H groups in total. The summed E-state index contributed by atoms with van der Waals surface area (Å²) in [6.45, 7) is 0.867. The number of thioether (sulfide) groups is 1. The summed E-state index contributed by atoms with van der Waals surface area (Å²) in [6, 6.07) is 19.1. The molecule has 0 bridgehead atoms. The monoisotopic (exact) mass is 389 g/mol. The number of nitrogens with zero attached hydrogens (tertiary/aromatic N) is 2. The van der Waals surface area contributed by atoms with Gasteiger partial charge in [-0.25, -0.2) is 0 Å². The Morgan fingerprint density at radius 2 is 1.93 bits per heavy atom. The molecule has 28 heavy (non-hydrogen) atoms. The topological polar surface area (TPSA) is 62.3 Å². The molecule has 3 aromatic rings. The van der Waals surface area contributed by atoms with Crippen LogP contribution in [0, 0.1) is 0 Å². The van der Waals surface area contributed by atoms with E-state index in [0.717, 1.165) is 21.7 Å². The van der Waals surface area contributed by atoms with Crippen molar-refractivity contribution in [2.45, 2.75) is 18.0 Å². The van der Waals surface area contributed by atoms with Gasteiger partial charge in [-0.05, 0) is 41.5 Å². The summed E-state index contributed by atoms with van der Waals surface area (Å²) in [5, 5.41) is 2.91. The van der Waals surface area contributed by atoms with Crippen LogP contribution in [0.5, 0.6) is 0 Å². The van der Waals surface area contributed by atoms with Crippen molar-refractivity contribution in [3.63, 3.8) is 0 Å². The molecule has 0 unspecified atom stereocenters. The summed E-state index contributed by atoms with van der Waals surface area (Å²) in [6.07, 6.45) is 3.43. The van der Waals surface area contributed by atoms with Crippen molar-refractivity contribution in [1.82, 2.24) is 10.3 Å². The molecule has 0 aliphatic carbocycles. The van der Waals surface area contributed by atoms with Gasteiger partial charge in [-0.2, -0.15) is 0 Å². The van der Waals surface area contributed by atoms with E-state index in [2.05, 4.69) is 10.3 Å². The highest BCUT2D eigenvalue weighted by Gasteiger charge is 2.24. The van der Waals surface area contributed by atoms with Gasteiger partial charge >= 0.3 is 0 Å². The normalized spacial score (nSPS) is 13.1. The maximum absolute atomic E-state index is 12.5. The van der Waals surface area contributed by atoms with Crippen LogP contribution < -0.4 is 10.2 Å². The maximum Gasteiger partial charge on any atom is 0.251 e. The molecule has 0 saturated carbocycles. The van der Waals surface area contributed by atoms with Crippen molar-refractivity contribution in [3.05, 3.63) is 89.7 Å². The minimum Gasteiger partial charge on any atom is -0.348 e. The van der Waals surface area contributed by atoms with Gasteiger partial charge < -0.3 is 10.2 Å². The zero-order chi connectivity index (χ0) is 19.3. The molecule has 1 aliphatic rings. The second-order valence-corrected chi connectivity index (χ2v) is 7.50. The van der Waals surface area contributed by atoms with E-state index in [4.69, 9.17) is 0 Å². The standard InChI is InChI=1S/C22H19N3O2S/c26-21-15-28-20-9-2-1-8-19(20)25(21)14-16-5-3-7-18(11-16)22(27)24-13-17-6-4-10-23-12-17/h1-12H,13-15H2,(H,24,27). The van der Waals surface area contributed by atoms with Gasteiger partial charge in [0.2, 0.25) is 5.91 Å². The highest BCUT2D eigenvalue weighted by molar-refractivity contribution is 8.00. The van der Waals surface area contributed by atoms with Crippen LogP contribution in [0.2, 0.25) is 0 Å². The number of anilines is 1. The number of rotatable bonds is 5. The summed E-state index contributed by atoms with van der Waals surface area (Å²) in [5.41, 5.74) is 3.37. The van der Waals surface area contributed by atoms with E-state index in [9.17, 15) is 9.59 Å². The van der Waals surface area contributed by atoms with Crippen molar-refractivity contribution in [3.8, 4) is 0 Å². The van der Waals surface area contributed by atoms with E-state index in [-0.39, 0.29) is 11.8 Å². The molecule has 6 heteroatoms. The van der Waals surface area contributed by atoms with E-state index in [0.29, 0.717) is 24.4 Å². The van der Waals surface area contributed by atoms with Crippen LogP contribution in [0.25, 0.3) is 0 Å². The van der Waals surface area contributed by atoms with Gasteiger partial charge in [-0.1, -0.05) is 30.3 Å². The number of aromatic nitrogens is 1. The number of para-hydroxylation sites is 1. The lowest BCUT2D eigenvalue weighted by atomic mass is 10.1. The van der Waals surface area contributed by atoms with Crippen molar-refractivity contribution in [1.29, 1.82) is 0 Å². The SMILES string of the molecule is O=C(NCc1cccnc1)c1cccc(CN2C(=O)CSc3ccccc32)c1. The summed E-state index contributed by atoms with van der Waals surface area (Å²) < 4.78 is 0. The summed E-state index contributed by atoms with van der Waals surface area (Å²) in [7, 11) is 0. The minimum absolute atomic E-state index is 0.0788. The molecule has 0 fully saturated rings. The first-order chi connectivity index (χ1) is 13.7. The van der Waals surface area contributed by atoms with Crippen LogP contribution in [-0.2, 0) is 17.9 Å². The Balaban J connectivity index is 1.48. The number of carbonyl (C=O) groups excluding carboxylic acids is 2. The van der Waals surface area contributed by atoms with Gasteiger partial charge in [0.05, 0.1) is 18.0 Å². The predicted octanol–water partition coefficient (Wildman–Crippen LogP) is 3.65. The molecule has 140 valence electrons. The molecule has 1 aromatic heterocycles. The Kier molecular flexibility index (Phi) is 5.39. The van der Waals surface area contributed by atoms with Gasteiger partial charge in [-0.3, -0.25) is 14.6 Å². The molecular formula is C22H19N3O2S. The first-order valence-electron chi connectivity index (χ1n) is 8.99. The molecule has 1 aliphatic heterocycles. The molecule has 0 radical (unpaired) electrons. The number of pyridine rings is 1. The Morgan fingerprint density at radius 1 is 1.07 bits per heavy atom. The fraction of sp³-hybridized carbons (Fsp3) is 0.136. The third kappa shape index (κ3) is 4.07. The van der Waals surface area contributed by atoms with Crippen molar-refractivity contribution < 1.29 is 9.59 Å². The van der Waals surface area contributed by atoms with Gasteiger partial charge in [0.15, 0.2) is 0 Å². The zero-order valence-electron chi connectivity index (χ0n) is 15.2. The van der Waals surface area contributed by atoms with Crippen molar-refractivity contribution in [2.24, 2.45) is 0 Å². The minimum atomic E-state index is -0.147. The van der Waals surface area contributed by atoms with Gasteiger partial charge in [0, 0.05) is 29.4 Å². The number of amides is 2. The average Bonchev–Trinajstić information content (AvgIpc) is 2.75. The quantitative estimate of drug-likeness (QED) is 0.724. The lowest BCUT2D eigenvalue weighted by Crippen LogP contribution is -2.34. The number of nitrogens with one attached hydrogen (secondary N) is 1. The molecule has 2 heterocycles. The lowest BCUT2D eigenvalue weighted by Gasteiger charge is -2.29. The fourth-order valence-electron chi connectivity index (χ4n) is 3.11. The summed E-state index contributed by atoms with van der Waals surface area (Å²) in [5.74, 6) is 0.365. The Bertz CT molecular complexity index is 1010. The number of hydrogen-bond acceptors (Lipinski definition) is 4. The third-order valence-electron chi connectivity index (χ3n) is 4.51. The molecule has 2 aromatic carbocycles. The van der Waals surface area contributed by atoms with E-state index in [1.54, 1.807) is 35.1 Å². The lowest BCUT2D eigenvalue weighted by molar-refractivity contribution is -0.116. The van der Waals surface area contributed by atoms with Gasteiger partial charge in [-0.15, -0.1) is 11.8 Å².